The van der Waals surface area contributed by atoms with Crippen molar-refractivity contribution >= 4 is 0 Å². The average Bonchev–Trinajstić information content (AvgIpc) is 2.84. The van der Waals surface area contributed by atoms with Crippen molar-refractivity contribution < 1.29 is 5.11 Å². The van der Waals surface area contributed by atoms with Crippen LogP contribution in [0.25, 0.3) is 0 Å². The number of rotatable bonds is 4. The molecule has 4 rings (SSSR count). The van der Waals surface area contributed by atoms with Crippen molar-refractivity contribution in [1.29, 1.82) is 0 Å². The van der Waals surface area contributed by atoms with Crippen molar-refractivity contribution in [1.82, 2.24) is 0 Å². The summed E-state index contributed by atoms with van der Waals surface area (Å²) in [6.07, 6.45) is 18.6. The van der Waals surface area contributed by atoms with Gasteiger partial charge in [-0.15, -0.1) is 0 Å². The van der Waals surface area contributed by atoms with Gasteiger partial charge in [-0.2, -0.15) is 0 Å². The van der Waals surface area contributed by atoms with E-state index in [0.29, 0.717) is 16.7 Å². The maximum Gasteiger partial charge on any atom is 0.0631 e. The Kier molecular flexibility index (Phi) is 6.17. The molecule has 1 nitrogen and oxygen atoms in total. The number of aliphatic hydroxyl groups excluding tert-OH is 1. The Bertz CT molecular complexity index is 778. The minimum atomic E-state index is -0.186. The van der Waals surface area contributed by atoms with Gasteiger partial charge in [0.1, 0.15) is 0 Å². The molecule has 0 aromatic heterocycles. The van der Waals surface area contributed by atoms with Crippen LogP contribution >= 0.6 is 0 Å². The van der Waals surface area contributed by atoms with Crippen molar-refractivity contribution in [3.05, 3.63) is 34.9 Å². The molecule has 0 spiro atoms. The van der Waals surface area contributed by atoms with Gasteiger partial charge >= 0.3 is 0 Å². The molecule has 2 fully saturated rings. The molecule has 0 saturated heterocycles. The first-order chi connectivity index (χ1) is 14.5. The molecule has 174 valence electrons. The summed E-state index contributed by atoms with van der Waals surface area (Å²) >= 11 is 0. The van der Waals surface area contributed by atoms with E-state index in [1.54, 1.807) is 11.1 Å². The highest BCUT2D eigenvalue weighted by molar-refractivity contribution is 5.32. The summed E-state index contributed by atoms with van der Waals surface area (Å²) < 4.78 is 0. The average molecular weight is 425 g/mol. The molecule has 0 heterocycles. The Morgan fingerprint density at radius 3 is 2.42 bits per heavy atom. The first-order valence-corrected chi connectivity index (χ1v) is 13.2. The highest BCUT2D eigenvalue weighted by Gasteiger charge is 2.60. The van der Waals surface area contributed by atoms with Gasteiger partial charge in [-0.05, 0) is 112 Å². The quantitative estimate of drug-likeness (QED) is 0.450. The van der Waals surface area contributed by atoms with Crippen molar-refractivity contribution in [2.24, 2.45) is 39.9 Å². The molecule has 1 heteroatoms. The van der Waals surface area contributed by atoms with Crippen LogP contribution < -0.4 is 0 Å². The number of fused-ring (bicyclic) bond motifs is 4. The highest BCUT2D eigenvalue weighted by Crippen LogP contribution is 2.69. The second-order valence-electron chi connectivity index (χ2n) is 13.0. The van der Waals surface area contributed by atoms with Crippen molar-refractivity contribution in [3.8, 4) is 0 Å². The van der Waals surface area contributed by atoms with E-state index in [0.717, 1.165) is 24.2 Å². The standard InChI is InChI=1S/C30H48O/c1-20(2)9-8-10-21(3)24-16-18-30(7)26-13-12-25-22(11-14-27(31)28(25,4)5)19-23(26)15-17-29(24,30)6/h9,11,15,21,24-27,31H,8,10,12-14,16-19H2,1-7H3/t21-,24-,25-,26-,27-,29-,30+/m1/s1. The summed E-state index contributed by atoms with van der Waals surface area (Å²) in [5, 5.41) is 10.7. The van der Waals surface area contributed by atoms with Crippen LogP contribution in [0.5, 0.6) is 0 Å². The second kappa shape index (κ2) is 8.19. The van der Waals surface area contributed by atoms with E-state index >= 15 is 0 Å². The summed E-state index contributed by atoms with van der Waals surface area (Å²) in [5.74, 6) is 2.95. The fourth-order valence-electron chi connectivity index (χ4n) is 8.52. The lowest BCUT2D eigenvalue weighted by Crippen LogP contribution is -2.46. The van der Waals surface area contributed by atoms with Crippen LogP contribution in [0.4, 0.5) is 0 Å². The molecule has 0 aromatic carbocycles. The minimum absolute atomic E-state index is 0.0139. The van der Waals surface area contributed by atoms with Gasteiger partial charge in [0.25, 0.3) is 0 Å². The van der Waals surface area contributed by atoms with Crippen molar-refractivity contribution in [3.63, 3.8) is 0 Å². The summed E-state index contributed by atoms with van der Waals surface area (Å²) in [4.78, 5) is 0. The first-order valence-electron chi connectivity index (χ1n) is 13.2. The molecule has 0 amide bonds. The second-order valence-corrected chi connectivity index (χ2v) is 13.0. The van der Waals surface area contributed by atoms with E-state index in [9.17, 15) is 5.11 Å². The number of hydrogen-bond acceptors (Lipinski definition) is 1. The molecule has 7 atom stereocenters. The molecule has 4 aliphatic carbocycles. The van der Waals surface area contributed by atoms with E-state index in [1.807, 2.05) is 0 Å². The Morgan fingerprint density at radius 2 is 1.71 bits per heavy atom. The third-order valence-electron chi connectivity index (χ3n) is 10.9. The van der Waals surface area contributed by atoms with Crippen molar-refractivity contribution in [2.45, 2.75) is 112 Å². The Morgan fingerprint density at radius 1 is 1.03 bits per heavy atom. The number of hydrogen-bond donors (Lipinski definition) is 1. The lowest BCUT2D eigenvalue weighted by Gasteiger charge is -2.53. The normalized spacial score (nSPS) is 42.3. The fraction of sp³-hybridized carbons (Fsp3) is 0.800. The Labute approximate surface area is 192 Å². The summed E-state index contributed by atoms with van der Waals surface area (Å²) in [6.45, 7) is 16.9. The zero-order valence-electron chi connectivity index (χ0n) is 21.4. The lowest BCUT2D eigenvalue weighted by molar-refractivity contribution is -0.0129. The van der Waals surface area contributed by atoms with Crippen LogP contribution in [0, 0.1) is 39.9 Å². The Hall–Kier alpha value is -0.820. The molecule has 0 unspecified atom stereocenters. The predicted molar refractivity (Wildman–Crippen MR) is 133 cm³/mol. The van der Waals surface area contributed by atoms with E-state index in [1.165, 1.54) is 56.9 Å². The van der Waals surface area contributed by atoms with Gasteiger partial charge in [-0.25, -0.2) is 0 Å². The predicted octanol–water partition coefficient (Wildman–Crippen LogP) is 8.26. The van der Waals surface area contributed by atoms with Gasteiger partial charge in [0.2, 0.25) is 0 Å². The summed E-state index contributed by atoms with van der Waals surface area (Å²) in [7, 11) is 0. The highest BCUT2D eigenvalue weighted by atomic mass is 16.3. The van der Waals surface area contributed by atoms with Gasteiger partial charge < -0.3 is 5.11 Å². The van der Waals surface area contributed by atoms with Gasteiger partial charge in [-0.3, -0.25) is 0 Å². The van der Waals surface area contributed by atoms with Gasteiger partial charge in [-0.1, -0.05) is 69.6 Å². The van der Waals surface area contributed by atoms with E-state index in [2.05, 4.69) is 66.7 Å². The van der Waals surface area contributed by atoms with Crippen molar-refractivity contribution in [2.75, 3.05) is 0 Å². The van der Waals surface area contributed by atoms with Crippen LogP contribution in [-0.4, -0.2) is 11.2 Å². The number of aliphatic hydroxyl groups is 1. The van der Waals surface area contributed by atoms with E-state index in [-0.39, 0.29) is 11.5 Å². The minimum Gasteiger partial charge on any atom is -0.392 e. The molecular formula is C30H48O. The SMILES string of the molecule is CC(C)=CCC[C@@H](C)[C@H]1CC[C@@]2(C)[C@@H]3CC[C@@H]4C(=CC[C@@H](O)C4(C)C)CC3=CC[C@]12C. The van der Waals surface area contributed by atoms with E-state index in [4.69, 9.17) is 0 Å². The van der Waals surface area contributed by atoms with Crippen LogP contribution in [0.1, 0.15) is 106 Å². The molecule has 31 heavy (non-hydrogen) atoms. The molecule has 0 aromatic rings. The molecule has 0 radical (unpaired) electrons. The van der Waals surface area contributed by atoms with Gasteiger partial charge in [0.05, 0.1) is 6.10 Å². The molecule has 1 N–H and O–H groups in total. The molecule has 4 aliphatic rings. The molecular weight excluding hydrogens is 376 g/mol. The molecule has 0 bridgehead atoms. The first kappa shape index (κ1) is 23.3. The van der Waals surface area contributed by atoms with Gasteiger partial charge in [0.15, 0.2) is 0 Å². The fourth-order valence-corrected chi connectivity index (χ4v) is 8.52. The summed E-state index contributed by atoms with van der Waals surface area (Å²) in [5.41, 5.74) is 5.73. The Balaban J connectivity index is 1.58. The van der Waals surface area contributed by atoms with Gasteiger partial charge in [0, 0.05) is 0 Å². The zero-order valence-corrected chi connectivity index (χ0v) is 21.4. The smallest absolute Gasteiger partial charge is 0.0631 e. The monoisotopic (exact) mass is 424 g/mol. The van der Waals surface area contributed by atoms with Crippen LogP contribution in [0.3, 0.4) is 0 Å². The zero-order chi connectivity index (χ0) is 22.6. The number of allylic oxidation sites excluding steroid dienone is 5. The maximum absolute atomic E-state index is 10.7. The largest absolute Gasteiger partial charge is 0.392 e. The topological polar surface area (TPSA) is 20.2 Å². The lowest BCUT2D eigenvalue weighted by atomic mass is 9.51. The maximum atomic E-state index is 10.7. The third-order valence-corrected chi connectivity index (χ3v) is 10.9. The molecule has 0 aliphatic heterocycles. The van der Waals surface area contributed by atoms with Crippen LogP contribution in [-0.2, 0) is 0 Å². The molecule has 2 saturated carbocycles. The van der Waals surface area contributed by atoms with Crippen LogP contribution in [0.15, 0.2) is 34.9 Å². The summed E-state index contributed by atoms with van der Waals surface area (Å²) in [6, 6.07) is 0. The van der Waals surface area contributed by atoms with Crippen LogP contribution in [0.2, 0.25) is 0 Å². The van der Waals surface area contributed by atoms with E-state index < -0.39 is 0 Å². The third kappa shape index (κ3) is 3.71.